The van der Waals surface area contributed by atoms with Crippen molar-refractivity contribution in [2.75, 3.05) is 6.61 Å². The predicted octanol–water partition coefficient (Wildman–Crippen LogP) is 3.14. The van der Waals surface area contributed by atoms with Crippen LogP contribution in [0.5, 0.6) is 0 Å². The molecule has 0 bridgehead atoms. The first-order valence-electron chi connectivity index (χ1n) is 13.3. The summed E-state index contributed by atoms with van der Waals surface area (Å²) in [4.78, 5) is 13.0. The largest absolute Gasteiger partial charge is 0.465 e. The zero-order chi connectivity index (χ0) is 24.3. The first-order valence-corrected chi connectivity index (χ1v) is 13.3. The normalized spacial score (nSPS) is 48.2. The van der Waals surface area contributed by atoms with Crippen molar-refractivity contribution in [3.63, 3.8) is 0 Å². The summed E-state index contributed by atoms with van der Waals surface area (Å²) in [6.45, 7) is 11.1. The van der Waals surface area contributed by atoms with Crippen LogP contribution >= 0.6 is 0 Å². The smallest absolute Gasteiger partial charge is 0.309 e. The third-order valence-corrected chi connectivity index (χ3v) is 10.7. The summed E-state index contributed by atoms with van der Waals surface area (Å²) < 4.78 is 5.85. The van der Waals surface area contributed by atoms with E-state index in [2.05, 4.69) is 34.6 Å². The maximum Gasteiger partial charge on any atom is 0.309 e. The van der Waals surface area contributed by atoms with Crippen LogP contribution in [0.3, 0.4) is 0 Å². The van der Waals surface area contributed by atoms with Crippen LogP contribution in [0, 0.1) is 52.3 Å². The van der Waals surface area contributed by atoms with Gasteiger partial charge < -0.3 is 25.2 Å². The summed E-state index contributed by atoms with van der Waals surface area (Å²) in [6, 6.07) is 0. The molecule has 0 spiro atoms. The van der Waals surface area contributed by atoms with Gasteiger partial charge in [0, 0.05) is 0 Å². The van der Waals surface area contributed by atoms with Gasteiger partial charge >= 0.3 is 5.97 Å². The van der Waals surface area contributed by atoms with Gasteiger partial charge in [0.2, 0.25) is 0 Å². The van der Waals surface area contributed by atoms with Crippen LogP contribution in [0.2, 0.25) is 0 Å². The Labute approximate surface area is 199 Å². The SMILES string of the molecule is CC(C)CC(O)C(O)C(C)C1CCC2C3COC(=O)C4CC(O)C(O)CC4(C)C3CCC12C. The molecule has 0 aromatic heterocycles. The van der Waals surface area contributed by atoms with Crippen molar-refractivity contribution >= 4 is 5.97 Å². The predicted molar refractivity (Wildman–Crippen MR) is 125 cm³/mol. The lowest BCUT2D eigenvalue weighted by molar-refractivity contribution is -0.162. The molecule has 4 rings (SSSR count). The molecule has 0 aromatic carbocycles. The lowest BCUT2D eigenvalue weighted by atomic mass is 9.48. The highest BCUT2D eigenvalue weighted by molar-refractivity contribution is 5.74. The van der Waals surface area contributed by atoms with Crippen molar-refractivity contribution in [2.24, 2.45) is 52.3 Å². The number of esters is 1. The molecule has 12 atom stereocenters. The number of ether oxygens (including phenoxy) is 1. The monoisotopic (exact) mass is 466 g/mol. The average molecular weight is 467 g/mol. The quantitative estimate of drug-likeness (QED) is 0.464. The van der Waals surface area contributed by atoms with Crippen molar-refractivity contribution in [3.05, 3.63) is 0 Å². The number of rotatable bonds is 5. The van der Waals surface area contributed by atoms with E-state index in [9.17, 15) is 25.2 Å². The van der Waals surface area contributed by atoms with E-state index in [1.165, 1.54) is 0 Å². The van der Waals surface area contributed by atoms with Crippen LogP contribution in [0.25, 0.3) is 0 Å². The van der Waals surface area contributed by atoms with E-state index in [1.807, 2.05) is 0 Å². The van der Waals surface area contributed by atoms with Crippen molar-refractivity contribution in [1.82, 2.24) is 0 Å². The number of cyclic esters (lactones) is 1. The van der Waals surface area contributed by atoms with Gasteiger partial charge in [-0.05, 0) is 91.3 Å². The van der Waals surface area contributed by atoms with E-state index >= 15 is 0 Å². The van der Waals surface area contributed by atoms with E-state index < -0.39 is 24.4 Å². The molecular weight excluding hydrogens is 420 g/mol. The Morgan fingerprint density at radius 2 is 1.67 bits per heavy atom. The zero-order valence-electron chi connectivity index (χ0n) is 21.1. The van der Waals surface area contributed by atoms with E-state index in [-0.39, 0.29) is 46.9 Å². The van der Waals surface area contributed by atoms with Gasteiger partial charge in [-0.3, -0.25) is 4.79 Å². The summed E-state index contributed by atoms with van der Waals surface area (Å²) >= 11 is 0. The molecule has 0 aromatic rings. The van der Waals surface area contributed by atoms with Gasteiger partial charge in [-0.15, -0.1) is 0 Å². The van der Waals surface area contributed by atoms with Crippen molar-refractivity contribution in [1.29, 1.82) is 0 Å². The Morgan fingerprint density at radius 3 is 2.33 bits per heavy atom. The molecule has 4 N–H and O–H groups in total. The van der Waals surface area contributed by atoms with Gasteiger partial charge in [0.1, 0.15) is 0 Å². The summed E-state index contributed by atoms with van der Waals surface area (Å²) in [7, 11) is 0. The van der Waals surface area contributed by atoms with Crippen LogP contribution in [0.1, 0.15) is 79.6 Å². The molecular formula is C27H46O6. The first-order chi connectivity index (χ1) is 15.4. The summed E-state index contributed by atoms with van der Waals surface area (Å²) in [6.07, 6.45) is 2.30. The third-order valence-electron chi connectivity index (χ3n) is 10.7. The summed E-state index contributed by atoms with van der Waals surface area (Å²) in [5, 5.41) is 42.4. The summed E-state index contributed by atoms with van der Waals surface area (Å²) in [5.74, 6) is 0.998. The Kier molecular flexibility index (Phi) is 6.98. The molecule has 0 amide bonds. The number of aliphatic hydroxyl groups excluding tert-OH is 4. The molecule has 0 radical (unpaired) electrons. The number of carbonyl (C=O) groups is 1. The lowest BCUT2D eigenvalue weighted by Gasteiger charge is -2.56. The van der Waals surface area contributed by atoms with Crippen LogP contribution < -0.4 is 0 Å². The molecule has 6 nitrogen and oxygen atoms in total. The molecule has 6 heteroatoms. The van der Waals surface area contributed by atoms with Crippen LogP contribution in [-0.4, -0.2) is 57.4 Å². The Bertz CT molecular complexity index is 725. The van der Waals surface area contributed by atoms with E-state index in [0.29, 0.717) is 37.2 Å². The average Bonchev–Trinajstić information content (AvgIpc) is 3.05. The highest BCUT2D eigenvalue weighted by atomic mass is 16.5. The fourth-order valence-corrected chi connectivity index (χ4v) is 8.90. The van der Waals surface area contributed by atoms with Crippen molar-refractivity contribution < 1.29 is 30.0 Å². The summed E-state index contributed by atoms with van der Waals surface area (Å²) in [5.41, 5.74) is -0.330. The second-order valence-electron chi connectivity index (χ2n) is 12.9. The molecule has 4 fully saturated rings. The Balaban J connectivity index is 1.57. The standard InChI is InChI=1S/C27H46O6/c1-14(2)10-22(29)24(31)15(3)17-6-7-18-16-13-33-25(32)20-11-21(28)23(30)12-27(20,5)19(16)8-9-26(17,18)4/h14-24,28-31H,6-13H2,1-5H3. The van der Waals surface area contributed by atoms with E-state index in [1.54, 1.807) is 0 Å². The van der Waals surface area contributed by atoms with Crippen molar-refractivity contribution in [3.8, 4) is 0 Å². The van der Waals surface area contributed by atoms with Gasteiger partial charge in [0.25, 0.3) is 0 Å². The molecule has 4 aliphatic rings. The maximum absolute atomic E-state index is 13.0. The molecule has 1 saturated heterocycles. The maximum atomic E-state index is 13.0. The highest BCUT2D eigenvalue weighted by Gasteiger charge is 2.63. The fraction of sp³-hybridized carbons (Fsp3) is 0.963. The second kappa shape index (κ2) is 9.07. The molecule has 33 heavy (non-hydrogen) atoms. The van der Waals surface area contributed by atoms with Crippen LogP contribution in [0.4, 0.5) is 0 Å². The number of hydrogen-bond donors (Lipinski definition) is 4. The highest BCUT2D eigenvalue weighted by Crippen LogP contribution is 2.66. The fourth-order valence-electron chi connectivity index (χ4n) is 8.90. The number of carbonyl (C=O) groups excluding carboxylic acids is 1. The molecule has 3 saturated carbocycles. The third kappa shape index (κ3) is 4.17. The number of hydrogen-bond acceptors (Lipinski definition) is 6. The van der Waals surface area contributed by atoms with Crippen LogP contribution in [-0.2, 0) is 9.53 Å². The van der Waals surface area contributed by atoms with E-state index in [4.69, 9.17) is 4.74 Å². The minimum absolute atomic E-state index is 0.00798. The van der Waals surface area contributed by atoms with Gasteiger partial charge in [0.05, 0.1) is 36.9 Å². The first kappa shape index (κ1) is 25.4. The minimum Gasteiger partial charge on any atom is -0.465 e. The Morgan fingerprint density at radius 1 is 1.00 bits per heavy atom. The zero-order valence-corrected chi connectivity index (χ0v) is 21.1. The molecule has 1 aliphatic heterocycles. The lowest BCUT2D eigenvalue weighted by Crippen LogP contribution is -2.55. The number of fused-ring (bicyclic) bond motifs is 5. The molecule has 3 aliphatic carbocycles. The van der Waals surface area contributed by atoms with E-state index in [0.717, 1.165) is 25.7 Å². The van der Waals surface area contributed by atoms with Crippen LogP contribution in [0.15, 0.2) is 0 Å². The van der Waals surface area contributed by atoms with Crippen molar-refractivity contribution in [2.45, 2.75) is 104 Å². The van der Waals surface area contributed by atoms with Gasteiger partial charge in [-0.25, -0.2) is 0 Å². The Hall–Kier alpha value is -0.690. The number of aliphatic hydroxyl groups is 4. The molecule has 1 heterocycles. The molecule has 190 valence electrons. The topological polar surface area (TPSA) is 107 Å². The second-order valence-corrected chi connectivity index (χ2v) is 12.9. The van der Waals surface area contributed by atoms with Gasteiger partial charge in [-0.1, -0.05) is 34.6 Å². The molecule has 12 unspecified atom stereocenters. The van der Waals surface area contributed by atoms with Gasteiger partial charge in [0.15, 0.2) is 0 Å². The minimum atomic E-state index is -0.864. The van der Waals surface area contributed by atoms with Gasteiger partial charge in [-0.2, -0.15) is 0 Å².